The van der Waals surface area contributed by atoms with E-state index in [-0.39, 0.29) is 13.1 Å². The average Bonchev–Trinajstić information content (AvgIpc) is 2.37. The number of carbonyl (C=O) groups excluding carboxylic acids is 2. The van der Waals surface area contributed by atoms with Crippen LogP contribution in [0.1, 0.15) is 6.42 Å². The van der Waals surface area contributed by atoms with Crippen molar-refractivity contribution < 1.29 is 24.2 Å². The van der Waals surface area contributed by atoms with Gasteiger partial charge < -0.3 is 20.1 Å². The highest BCUT2D eigenvalue weighted by Gasteiger charge is 2.25. The number of urea groups is 1. The van der Waals surface area contributed by atoms with Crippen molar-refractivity contribution in [3.8, 4) is 0 Å². The lowest BCUT2D eigenvalue weighted by Gasteiger charge is -2.22. The summed E-state index contributed by atoms with van der Waals surface area (Å²) in [5, 5.41) is 11.2. The predicted molar refractivity (Wildman–Crippen MR) is 68.6 cm³/mol. The summed E-state index contributed by atoms with van der Waals surface area (Å²) in [6, 6.07) is -1.95. The number of carbonyl (C=O) groups is 3. The van der Waals surface area contributed by atoms with Crippen molar-refractivity contribution in [3.63, 3.8) is 0 Å². The second-order valence-electron chi connectivity index (χ2n) is 3.60. The maximum absolute atomic E-state index is 11.8. The van der Waals surface area contributed by atoms with Gasteiger partial charge in [0.25, 0.3) is 0 Å². The van der Waals surface area contributed by atoms with Crippen molar-refractivity contribution >= 4 is 18.0 Å². The summed E-state index contributed by atoms with van der Waals surface area (Å²) in [5.41, 5.74) is 0. The number of methoxy groups -OCH3 is 1. The van der Waals surface area contributed by atoms with E-state index in [0.29, 0.717) is 0 Å². The molecule has 7 heteroatoms. The molecule has 0 aromatic carbocycles. The molecule has 0 heterocycles. The third-order valence-corrected chi connectivity index (χ3v) is 2.18. The van der Waals surface area contributed by atoms with E-state index in [2.05, 4.69) is 23.2 Å². The fraction of sp³-hybridized carbons (Fsp3) is 0.417. The Morgan fingerprint density at radius 2 is 1.84 bits per heavy atom. The van der Waals surface area contributed by atoms with Gasteiger partial charge in [-0.05, 0) is 0 Å². The van der Waals surface area contributed by atoms with E-state index in [4.69, 9.17) is 5.11 Å². The largest absolute Gasteiger partial charge is 0.480 e. The summed E-state index contributed by atoms with van der Waals surface area (Å²) in [4.78, 5) is 35.1. The Morgan fingerprint density at radius 1 is 1.32 bits per heavy atom. The molecule has 7 nitrogen and oxygen atoms in total. The zero-order chi connectivity index (χ0) is 14.8. The van der Waals surface area contributed by atoms with E-state index in [1.807, 2.05) is 0 Å². The molecule has 0 aromatic heterocycles. The quantitative estimate of drug-likeness (QED) is 0.491. The van der Waals surface area contributed by atoms with Crippen molar-refractivity contribution in [2.75, 3.05) is 20.2 Å². The zero-order valence-electron chi connectivity index (χ0n) is 10.8. The highest BCUT2D eigenvalue weighted by Crippen LogP contribution is 1.98. The highest BCUT2D eigenvalue weighted by molar-refractivity contribution is 5.86. The van der Waals surface area contributed by atoms with Crippen molar-refractivity contribution in [3.05, 3.63) is 25.3 Å². The van der Waals surface area contributed by atoms with E-state index in [1.54, 1.807) is 0 Å². The minimum absolute atomic E-state index is 0.239. The molecule has 0 saturated carbocycles. The molecule has 0 spiro atoms. The monoisotopic (exact) mass is 270 g/mol. The topological polar surface area (TPSA) is 95.9 Å². The summed E-state index contributed by atoms with van der Waals surface area (Å²) < 4.78 is 4.37. The van der Waals surface area contributed by atoms with E-state index in [9.17, 15) is 14.4 Å². The minimum atomic E-state index is -1.34. The van der Waals surface area contributed by atoms with Gasteiger partial charge in [0.2, 0.25) is 0 Å². The standard InChI is InChI=1S/C12H18N2O5/c1-4-6-14(7-5-2)12(18)13-9(11(16)17)8-10(15)19-3/h4-5,9H,1-2,6-8H2,3H3,(H,13,18)(H,16,17)/t9-/m0/s1. The van der Waals surface area contributed by atoms with Crippen molar-refractivity contribution in [2.24, 2.45) is 0 Å². The molecule has 0 aliphatic carbocycles. The number of carboxylic acids is 1. The van der Waals surface area contributed by atoms with Gasteiger partial charge >= 0.3 is 18.0 Å². The van der Waals surface area contributed by atoms with E-state index in [0.717, 1.165) is 7.11 Å². The Morgan fingerprint density at radius 3 is 2.21 bits per heavy atom. The fourth-order valence-corrected chi connectivity index (χ4v) is 1.24. The molecule has 0 bridgehead atoms. The number of ether oxygens (including phenoxy) is 1. The van der Waals surface area contributed by atoms with E-state index in [1.165, 1.54) is 17.1 Å². The lowest BCUT2D eigenvalue weighted by atomic mass is 10.2. The molecular formula is C12H18N2O5. The molecule has 2 amide bonds. The molecule has 19 heavy (non-hydrogen) atoms. The van der Waals surface area contributed by atoms with Gasteiger partial charge in [0, 0.05) is 13.1 Å². The molecule has 0 aromatic rings. The molecule has 0 rings (SSSR count). The Kier molecular flexibility index (Phi) is 7.67. The van der Waals surface area contributed by atoms with Crippen molar-refractivity contribution in [1.82, 2.24) is 10.2 Å². The van der Waals surface area contributed by atoms with Crippen LogP contribution in [0.5, 0.6) is 0 Å². The fourth-order valence-electron chi connectivity index (χ4n) is 1.24. The van der Waals surface area contributed by atoms with Crippen LogP contribution >= 0.6 is 0 Å². The van der Waals surface area contributed by atoms with Gasteiger partial charge in [-0.2, -0.15) is 0 Å². The molecule has 0 saturated heterocycles. The SMILES string of the molecule is C=CCN(CC=C)C(=O)N[C@@H](CC(=O)OC)C(=O)O. The number of esters is 1. The lowest BCUT2D eigenvalue weighted by Crippen LogP contribution is -2.48. The highest BCUT2D eigenvalue weighted by atomic mass is 16.5. The van der Waals surface area contributed by atoms with Gasteiger partial charge in [-0.1, -0.05) is 12.2 Å². The van der Waals surface area contributed by atoms with Crippen LogP contribution in [-0.4, -0.2) is 54.2 Å². The van der Waals surface area contributed by atoms with Crippen molar-refractivity contribution in [1.29, 1.82) is 0 Å². The van der Waals surface area contributed by atoms with Crippen LogP contribution in [0.25, 0.3) is 0 Å². The summed E-state index contributed by atoms with van der Waals surface area (Å²) in [6.45, 7) is 7.47. The number of aliphatic carboxylic acids is 1. The molecular weight excluding hydrogens is 252 g/mol. The van der Waals surface area contributed by atoms with Crippen LogP contribution in [-0.2, 0) is 14.3 Å². The van der Waals surface area contributed by atoms with Crippen LogP contribution < -0.4 is 5.32 Å². The van der Waals surface area contributed by atoms with Gasteiger partial charge in [0.15, 0.2) is 0 Å². The summed E-state index contributed by atoms with van der Waals surface area (Å²) in [6.07, 6.45) is 2.56. The zero-order valence-corrected chi connectivity index (χ0v) is 10.8. The Balaban J connectivity index is 4.67. The van der Waals surface area contributed by atoms with Crippen molar-refractivity contribution in [2.45, 2.75) is 12.5 Å². The number of nitrogens with one attached hydrogen (secondary N) is 1. The molecule has 106 valence electrons. The van der Waals surface area contributed by atoms with Gasteiger partial charge in [0.1, 0.15) is 6.04 Å². The van der Waals surface area contributed by atoms with Gasteiger partial charge in [-0.15, -0.1) is 13.2 Å². The third kappa shape index (κ3) is 6.25. The number of hydrogen-bond acceptors (Lipinski definition) is 4. The van der Waals surface area contributed by atoms with Gasteiger partial charge in [-0.3, -0.25) is 4.79 Å². The number of hydrogen-bond donors (Lipinski definition) is 2. The summed E-state index contributed by atoms with van der Waals surface area (Å²) >= 11 is 0. The Labute approximate surface area is 111 Å². The number of carboxylic acid groups (broad SMARTS) is 1. The second kappa shape index (κ2) is 8.73. The first-order chi connectivity index (χ1) is 8.96. The number of amides is 2. The predicted octanol–water partition coefficient (Wildman–Crippen LogP) is 0.386. The van der Waals surface area contributed by atoms with Gasteiger partial charge in [-0.25, -0.2) is 9.59 Å². The van der Waals surface area contributed by atoms with Crippen LogP contribution in [0.15, 0.2) is 25.3 Å². The van der Waals surface area contributed by atoms with Crippen LogP contribution in [0, 0.1) is 0 Å². The number of rotatable bonds is 8. The van der Waals surface area contributed by atoms with E-state index >= 15 is 0 Å². The molecule has 0 unspecified atom stereocenters. The normalized spacial score (nSPS) is 11.0. The molecule has 0 aliphatic rings. The van der Waals surface area contributed by atoms with Gasteiger partial charge in [0.05, 0.1) is 13.5 Å². The second-order valence-corrected chi connectivity index (χ2v) is 3.60. The molecule has 0 radical (unpaired) electrons. The summed E-state index contributed by atoms with van der Waals surface area (Å²) in [5.74, 6) is -2.03. The van der Waals surface area contributed by atoms with Crippen LogP contribution in [0.2, 0.25) is 0 Å². The van der Waals surface area contributed by atoms with E-state index < -0.39 is 30.4 Å². The Hall–Kier alpha value is -2.31. The maximum atomic E-state index is 11.8. The van der Waals surface area contributed by atoms with Crippen LogP contribution in [0.3, 0.4) is 0 Å². The van der Waals surface area contributed by atoms with Crippen LogP contribution in [0.4, 0.5) is 4.79 Å². The first-order valence-corrected chi connectivity index (χ1v) is 5.53. The minimum Gasteiger partial charge on any atom is -0.480 e. The Bertz CT molecular complexity index is 357. The third-order valence-electron chi connectivity index (χ3n) is 2.18. The lowest BCUT2D eigenvalue weighted by molar-refractivity contribution is -0.147. The number of nitrogens with zero attached hydrogens (tertiary/aromatic N) is 1. The molecule has 0 fully saturated rings. The summed E-state index contributed by atoms with van der Waals surface area (Å²) in [7, 11) is 1.14. The first-order valence-electron chi connectivity index (χ1n) is 5.53. The maximum Gasteiger partial charge on any atom is 0.326 e. The molecule has 2 N–H and O–H groups in total. The first kappa shape index (κ1) is 16.7. The molecule has 0 aliphatic heterocycles. The smallest absolute Gasteiger partial charge is 0.326 e. The average molecular weight is 270 g/mol. The molecule has 1 atom stereocenters.